The Bertz CT molecular complexity index is 999. The lowest BCUT2D eigenvalue weighted by Gasteiger charge is -2.13. The molecule has 1 aromatic heterocycles. The molecule has 0 aliphatic heterocycles. The molecule has 0 aliphatic rings. The van der Waals surface area contributed by atoms with E-state index in [4.69, 9.17) is 11.6 Å². The summed E-state index contributed by atoms with van der Waals surface area (Å²) in [6.45, 7) is 1.19. The summed E-state index contributed by atoms with van der Waals surface area (Å²) in [6.07, 6.45) is 0. The minimum absolute atomic E-state index is 0.0555. The SMILES string of the molecule is CNCCNc1ccc2nc(/C(CO)=C(\N)c3c(F)cccc3NN)[nH]c2c1. The highest BCUT2D eigenvalue weighted by Crippen LogP contribution is 2.29. The zero-order chi connectivity index (χ0) is 20.1. The number of benzene rings is 2. The first-order valence-corrected chi connectivity index (χ1v) is 8.82. The molecule has 28 heavy (non-hydrogen) atoms. The molecule has 0 radical (unpaired) electrons. The first-order valence-electron chi connectivity index (χ1n) is 8.82. The number of H-pyrrole nitrogens is 1. The minimum atomic E-state index is -0.550. The fourth-order valence-corrected chi connectivity index (χ4v) is 2.95. The van der Waals surface area contributed by atoms with Gasteiger partial charge in [-0.1, -0.05) is 6.07 Å². The number of hydrazine groups is 1. The van der Waals surface area contributed by atoms with E-state index in [1.165, 1.54) is 12.1 Å². The molecule has 0 spiro atoms. The van der Waals surface area contributed by atoms with Gasteiger partial charge in [0.15, 0.2) is 0 Å². The Labute approximate surface area is 161 Å². The molecule has 0 unspecified atom stereocenters. The number of hydrogen-bond acceptors (Lipinski definition) is 7. The van der Waals surface area contributed by atoms with Crippen LogP contribution in [0.25, 0.3) is 22.3 Å². The average molecular weight is 385 g/mol. The Morgan fingerprint density at radius 2 is 2.07 bits per heavy atom. The highest BCUT2D eigenvalue weighted by atomic mass is 19.1. The summed E-state index contributed by atoms with van der Waals surface area (Å²) in [5.74, 6) is 5.29. The lowest BCUT2D eigenvalue weighted by Crippen LogP contribution is -2.17. The van der Waals surface area contributed by atoms with E-state index < -0.39 is 12.4 Å². The van der Waals surface area contributed by atoms with Gasteiger partial charge in [0.05, 0.1) is 34.6 Å². The Hall–Kier alpha value is -3.14. The van der Waals surface area contributed by atoms with Crippen LogP contribution in [-0.2, 0) is 0 Å². The predicted molar refractivity (Wildman–Crippen MR) is 111 cm³/mol. The van der Waals surface area contributed by atoms with Gasteiger partial charge in [-0.15, -0.1) is 0 Å². The van der Waals surface area contributed by atoms with Crippen LogP contribution >= 0.6 is 0 Å². The van der Waals surface area contributed by atoms with Crippen LogP contribution in [0.2, 0.25) is 0 Å². The molecule has 0 saturated carbocycles. The van der Waals surface area contributed by atoms with Crippen molar-refractivity contribution in [3.8, 4) is 0 Å². The molecule has 1 heterocycles. The number of aliphatic hydroxyl groups is 1. The fraction of sp³-hybridized carbons (Fsp3) is 0.211. The van der Waals surface area contributed by atoms with E-state index in [9.17, 15) is 9.50 Å². The minimum Gasteiger partial charge on any atom is -0.398 e. The second kappa shape index (κ2) is 8.70. The number of aromatic amines is 1. The van der Waals surface area contributed by atoms with Crippen molar-refractivity contribution in [2.45, 2.75) is 0 Å². The number of rotatable bonds is 8. The number of nitrogen functional groups attached to an aromatic ring is 1. The summed E-state index contributed by atoms with van der Waals surface area (Å²) < 4.78 is 14.4. The maximum Gasteiger partial charge on any atom is 0.138 e. The number of fused-ring (bicyclic) bond motifs is 1. The van der Waals surface area contributed by atoms with Gasteiger partial charge in [-0.05, 0) is 37.4 Å². The normalized spacial score (nSPS) is 12.1. The monoisotopic (exact) mass is 385 g/mol. The van der Waals surface area contributed by atoms with Gasteiger partial charge in [-0.25, -0.2) is 9.37 Å². The van der Waals surface area contributed by atoms with Crippen molar-refractivity contribution in [1.29, 1.82) is 0 Å². The molecule has 3 rings (SSSR count). The molecular weight excluding hydrogens is 361 g/mol. The number of halogens is 1. The topological polar surface area (TPSA) is 137 Å². The van der Waals surface area contributed by atoms with E-state index >= 15 is 0 Å². The number of nitrogens with zero attached hydrogens (tertiary/aromatic N) is 1. The molecule has 2 aromatic carbocycles. The summed E-state index contributed by atoms with van der Waals surface area (Å²) >= 11 is 0. The molecule has 148 valence electrons. The number of anilines is 2. The van der Waals surface area contributed by atoms with Crippen molar-refractivity contribution >= 4 is 33.7 Å². The summed E-state index contributed by atoms with van der Waals surface area (Å²) in [4.78, 5) is 7.63. The predicted octanol–water partition coefficient (Wildman–Crippen LogP) is 1.44. The van der Waals surface area contributed by atoms with Gasteiger partial charge >= 0.3 is 0 Å². The molecule has 3 aromatic rings. The van der Waals surface area contributed by atoms with Gasteiger partial charge in [0.2, 0.25) is 0 Å². The van der Waals surface area contributed by atoms with E-state index in [2.05, 4.69) is 26.0 Å². The summed E-state index contributed by atoms with van der Waals surface area (Å²) in [6, 6.07) is 10.1. The molecule has 0 aliphatic carbocycles. The first-order chi connectivity index (χ1) is 13.6. The van der Waals surface area contributed by atoms with Gasteiger partial charge in [0, 0.05) is 24.4 Å². The van der Waals surface area contributed by atoms with Crippen molar-refractivity contribution in [1.82, 2.24) is 15.3 Å². The van der Waals surface area contributed by atoms with Crippen LogP contribution in [0.3, 0.4) is 0 Å². The van der Waals surface area contributed by atoms with Crippen molar-refractivity contribution in [3.05, 3.63) is 53.6 Å². The molecule has 0 amide bonds. The number of nitrogens with two attached hydrogens (primary N) is 2. The van der Waals surface area contributed by atoms with Crippen LogP contribution in [-0.4, -0.2) is 41.8 Å². The van der Waals surface area contributed by atoms with Crippen molar-refractivity contribution < 1.29 is 9.50 Å². The number of imidazole rings is 1. The van der Waals surface area contributed by atoms with Crippen molar-refractivity contribution in [2.24, 2.45) is 11.6 Å². The van der Waals surface area contributed by atoms with Crippen molar-refractivity contribution in [3.63, 3.8) is 0 Å². The quantitative estimate of drug-likeness (QED) is 0.177. The fourth-order valence-electron chi connectivity index (χ4n) is 2.95. The zero-order valence-electron chi connectivity index (χ0n) is 15.5. The number of likely N-dealkylation sites (N-methyl/N-ethyl adjacent to an activating group) is 1. The van der Waals surface area contributed by atoms with Gasteiger partial charge in [-0.3, -0.25) is 5.84 Å². The molecule has 9 heteroatoms. The van der Waals surface area contributed by atoms with Crippen LogP contribution in [0, 0.1) is 5.82 Å². The molecule has 0 bridgehead atoms. The van der Waals surface area contributed by atoms with Crippen LogP contribution in [0.15, 0.2) is 36.4 Å². The second-order valence-electron chi connectivity index (χ2n) is 6.20. The summed E-state index contributed by atoms with van der Waals surface area (Å²) in [7, 11) is 1.89. The number of aliphatic hydroxyl groups excluding tert-OH is 1. The number of aromatic nitrogens is 2. The smallest absolute Gasteiger partial charge is 0.138 e. The third kappa shape index (κ3) is 3.91. The Morgan fingerprint density at radius 1 is 1.25 bits per heavy atom. The third-order valence-electron chi connectivity index (χ3n) is 4.39. The second-order valence-corrected chi connectivity index (χ2v) is 6.20. The van der Waals surface area contributed by atoms with E-state index in [0.717, 1.165) is 24.3 Å². The first kappa shape index (κ1) is 19.6. The largest absolute Gasteiger partial charge is 0.398 e. The standard InChI is InChI=1S/C19H24FN7O/c1-23-7-8-24-11-5-6-14-16(9-11)26-19(25-14)12(10-28)18(21)17-13(20)3-2-4-15(17)27-22/h2-6,9,23-24,27-28H,7-8,10,21-22H2,1H3,(H,25,26)/b18-12-. The van der Waals surface area contributed by atoms with Gasteiger partial charge in [0.25, 0.3) is 0 Å². The van der Waals surface area contributed by atoms with Crippen LogP contribution in [0.5, 0.6) is 0 Å². The Balaban J connectivity index is 2.02. The van der Waals surface area contributed by atoms with Crippen LogP contribution in [0.4, 0.5) is 15.8 Å². The molecular formula is C19H24FN7O. The maximum atomic E-state index is 14.4. The zero-order valence-corrected chi connectivity index (χ0v) is 15.5. The molecule has 0 saturated heterocycles. The van der Waals surface area contributed by atoms with Crippen LogP contribution in [0.1, 0.15) is 11.4 Å². The molecule has 0 atom stereocenters. The van der Waals surface area contributed by atoms with Gasteiger partial charge < -0.3 is 31.9 Å². The highest BCUT2D eigenvalue weighted by Gasteiger charge is 2.18. The molecule has 8 nitrogen and oxygen atoms in total. The summed E-state index contributed by atoms with van der Waals surface area (Å²) in [5, 5.41) is 16.3. The highest BCUT2D eigenvalue weighted by molar-refractivity contribution is 5.93. The Kier molecular flexibility index (Phi) is 6.09. The van der Waals surface area contributed by atoms with Crippen molar-refractivity contribution in [2.75, 3.05) is 37.5 Å². The van der Waals surface area contributed by atoms with E-state index in [-0.39, 0.29) is 16.8 Å². The molecule has 0 fully saturated rings. The van der Waals surface area contributed by atoms with E-state index in [1.807, 2.05) is 25.2 Å². The summed E-state index contributed by atoms with van der Waals surface area (Å²) in [5.41, 5.74) is 11.8. The lowest BCUT2D eigenvalue weighted by molar-refractivity contribution is 0.349. The van der Waals surface area contributed by atoms with Gasteiger partial charge in [-0.2, -0.15) is 0 Å². The number of nitrogens with one attached hydrogen (secondary N) is 4. The average Bonchev–Trinajstić information content (AvgIpc) is 3.11. The number of hydrogen-bond donors (Lipinski definition) is 7. The van der Waals surface area contributed by atoms with Gasteiger partial charge in [0.1, 0.15) is 11.6 Å². The maximum absolute atomic E-state index is 14.4. The molecule has 9 N–H and O–H groups in total. The van der Waals surface area contributed by atoms with E-state index in [0.29, 0.717) is 17.0 Å². The van der Waals surface area contributed by atoms with Crippen LogP contribution < -0.4 is 27.6 Å². The third-order valence-corrected chi connectivity index (χ3v) is 4.39. The van der Waals surface area contributed by atoms with E-state index in [1.54, 1.807) is 6.07 Å². The Morgan fingerprint density at radius 3 is 2.79 bits per heavy atom. The lowest BCUT2D eigenvalue weighted by atomic mass is 10.0.